The number of benzene rings is 3. The van der Waals surface area contributed by atoms with Crippen molar-refractivity contribution in [1.29, 1.82) is 0 Å². The van der Waals surface area contributed by atoms with Crippen LogP contribution in [-0.4, -0.2) is 43.7 Å². The van der Waals surface area contributed by atoms with Gasteiger partial charge in [-0.15, -0.1) is 0 Å². The van der Waals surface area contributed by atoms with Crippen molar-refractivity contribution in [3.05, 3.63) is 76.5 Å². The van der Waals surface area contributed by atoms with E-state index in [0.29, 0.717) is 5.75 Å². The minimum absolute atomic E-state index is 0.134. The Morgan fingerprint density at radius 1 is 0.914 bits per heavy atom. The van der Waals surface area contributed by atoms with Gasteiger partial charge < -0.3 is 39.8 Å². The van der Waals surface area contributed by atoms with Gasteiger partial charge in [-0.1, -0.05) is 18.2 Å². The van der Waals surface area contributed by atoms with E-state index >= 15 is 0 Å². The van der Waals surface area contributed by atoms with Gasteiger partial charge in [0.1, 0.15) is 28.2 Å². The Morgan fingerprint density at radius 2 is 1.63 bits per heavy atom. The lowest BCUT2D eigenvalue weighted by molar-refractivity contribution is -0.131. The van der Waals surface area contributed by atoms with Gasteiger partial charge in [-0.25, -0.2) is 4.79 Å². The molecule has 6 N–H and O–H groups in total. The summed E-state index contributed by atoms with van der Waals surface area (Å²) in [6.07, 6.45) is 2.58. The molecular formula is C25H20O10. The number of carbonyl (C=O) groups is 1. The lowest BCUT2D eigenvalue weighted by Crippen LogP contribution is -2.02. The number of phenolic OH excluding ortho intramolecular Hbond substituents is 4. The Hall–Kier alpha value is -5.12. The molecule has 180 valence electrons. The fourth-order valence-electron chi connectivity index (χ4n) is 3.10. The van der Waals surface area contributed by atoms with Gasteiger partial charge in [0.05, 0.1) is 7.11 Å². The molecule has 0 saturated heterocycles. The zero-order valence-corrected chi connectivity index (χ0v) is 18.2. The van der Waals surface area contributed by atoms with E-state index in [4.69, 9.17) is 14.3 Å². The van der Waals surface area contributed by atoms with Gasteiger partial charge in [-0.05, 0) is 30.3 Å². The maximum Gasteiger partial charge on any atom is 0.328 e. The molecule has 4 rings (SSSR count). The third kappa shape index (κ3) is 5.45. The van der Waals surface area contributed by atoms with E-state index < -0.39 is 28.6 Å². The first-order valence-corrected chi connectivity index (χ1v) is 9.90. The van der Waals surface area contributed by atoms with E-state index in [1.54, 1.807) is 19.2 Å². The fraction of sp³-hybridized carbons (Fsp3) is 0.0400. The first kappa shape index (κ1) is 24.5. The maximum atomic E-state index is 12.1. The molecule has 0 radical (unpaired) electrons. The number of carboxylic acids is 1. The summed E-state index contributed by atoms with van der Waals surface area (Å²) >= 11 is 0. The highest BCUT2D eigenvalue weighted by molar-refractivity contribution is 5.88. The molecule has 0 spiro atoms. The summed E-state index contributed by atoms with van der Waals surface area (Å²) in [5.74, 6) is -3.01. The lowest BCUT2D eigenvalue weighted by Gasteiger charge is -2.08. The molecule has 35 heavy (non-hydrogen) atoms. The van der Waals surface area contributed by atoms with Gasteiger partial charge in [-0.2, -0.15) is 0 Å². The molecule has 0 bridgehead atoms. The van der Waals surface area contributed by atoms with Crippen molar-refractivity contribution in [1.82, 2.24) is 0 Å². The van der Waals surface area contributed by atoms with E-state index in [0.717, 1.165) is 35.9 Å². The minimum Gasteiger partial charge on any atom is -0.508 e. The van der Waals surface area contributed by atoms with Crippen LogP contribution in [0, 0.1) is 0 Å². The topological polar surface area (TPSA) is 178 Å². The molecule has 10 heteroatoms. The number of aromatic hydroxyl groups is 5. The number of aliphatic carboxylic acids is 1. The average molecular weight is 480 g/mol. The van der Waals surface area contributed by atoms with Crippen molar-refractivity contribution in [3.8, 4) is 45.8 Å². The van der Waals surface area contributed by atoms with Crippen LogP contribution >= 0.6 is 0 Å². The summed E-state index contributed by atoms with van der Waals surface area (Å²) in [6.45, 7) is 0. The molecule has 1 heterocycles. The molecule has 4 aromatic rings. The highest BCUT2D eigenvalue weighted by Crippen LogP contribution is 2.37. The molecule has 0 amide bonds. The fourth-order valence-corrected chi connectivity index (χ4v) is 3.10. The van der Waals surface area contributed by atoms with Gasteiger partial charge in [0, 0.05) is 29.3 Å². The summed E-state index contributed by atoms with van der Waals surface area (Å²) in [5.41, 5.74) is -0.133. The van der Waals surface area contributed by atoms with Crippen LogP contribution in [0.2, 0.25) is 0 Å². The van der Waals surface area contributed by atoms with Gasteiger partial charge in [0.2, 0.25) is 11.2 Å². The number of fused-ring (bicyclic) bond motifs is 1. The van der Waals surface area contributed by atoms with Crippen molar-refractivity contribution in [2.75, 3.05) is 7.11 Å². The Labute approximate surface area is 197 Å². The summed E-state index contributed by atoms with van der Waals surface area (Å²) in [7, 11) is 1.55. The molecule has 0 atom stereocenters. The third-order valence-corrected chi connectivity index (χ3v) is 4.72. The Balaban J connectivity index is 0.000000225. The van der Waals surface area contributed by atoms with Gasteiger partial charge in [-0.3, -0.25) is 4.79 Å². The first-order valence-electron chi connectivity index (χ1n) is 9.90. The summed E-state index contributed by atoms with van der Waals surface area (Å²) < 4.78 is 10.4. The van der Waals surface area contributed by atoms with E-state index in [1.165, 1.54) is 12.1 Å². The summed E-state index contributed by atoms with van der Waals surface area (Å²) in [5, 5.41) is 56.0. The molecule has 0 aliphatic heterocycles. The van der Waals surface area contributed by atoms with E-state index in [2.05, 4.69) is 0 Å². The predicted octanol–water partition coefficient (Wildman–Crippen LogP) is 3.78. The summed E-state index contributed by atoms with van der Waals surface area (Å²) in [4.78, 5) is 22.4. The van der Waals surface area contributed by atoms with E-state index in [9.17, 15) is 35.1 Å². The maximum absolute atomic E-state index is 12.1. The van der Waals surface area contributed by atoms with E-state index in [1.807, 2.05) is 12.1 Å². The van der Waals surface area contributed by atoms with Crippen LogP contribution in [0.3, 0.4) is 0 Å². The van der Waals surface area contributed by atoms with Crippen LogP contribution in [0.15, 0.2) is 69.9 Å². The Morgan fingerprint density at radius 3 is 2.29 bits per heavy atom. The third-order valence-electron chi connectivity index (χ3n) is 4.72. The molecule has 10 nitrogen and oxygen atoms in total. The molecule has 0 saturated carbocycles. The quantitative estimate of drug-likeness (QED) is 0.186. The number of rotatable bonds is 4. The van der Waals surface area contributed by atoms with Crippen LogP contribution in [0.1, 0.15) is 5.56 Å². The number of carboxylic acid groups (broad SMARTS) is 1. The zero-order chi connectivity index (χ0) is 25.7. The second-order valence-electron chi connectivity index (χ2n) is 7.06. The molecule has 0 aliphatic rings. The SMILES string of the molecule is COc1ccccc1C=CC(=O)O.O=c1c(O)c(-c2ccc(O)c(O)c2)oc2cc(O)cc(O)c12. The number of para-hydroxylation sites is 1. The number of ether oxygens (including phenoxy) is 1. The number of phenols is 4. The van der Waals surface area contributed by atoms with Gasteiger partial charge >= 0.3 is 5.97 Å². The lowest BCUT2D eigenvalue weighted by atomic mass is 10.1. The number of hydrogen-bond acceptors (Lipinski definition) is 9. The van der Waals surface area contributed by atoms with Crippen LogP contribution in [0.4, 0.5) is 0 Å². The predicted molar refractivity (Wildman–Crippen MR) is 126 cm³/mol. The number of hydrogen-bond donors (Lipinski definition) is 6. The molecule has 3 aromatic carbocycles. The van der Waals surface area contributed by atoms with Crippen molar-refractivity contribution >= 4 is 23.0 Å². The van der Waals surface area contributed by atoms with Gasteiger partial charge in [0.25, 0.3) is 0 Å². The highest BCUT2D eigenvalue weighted by atomic mass is 16.5. The van der Waals surface area contributed by atoms with Crippen molar-refractivity contribution in [2.24, 2.45) is 0 Å². The van der Waals surface area contributed by atoms with Gasteiger partial charge in [0.15, 0.2) is 17.3 Å². The Kier molecular flexibility index (Phi) is 7.16. The zero-order valence-electron chi connectivity index (χ0n) is 18.2. The first-order chi connectivity index (χ1) is 16.6. The highest BCUT2D eigenvalue weighted by Gasteiger charge is 2.19. The summed E-state index contributed by atoms with van der Waals surface area (Å²) in [6, 6.07) is 12.9. The van der Waals surface area contributed by atoms with Crippen molar-refractivity contribution < 1.29 is 44.6 Å². The monoisotopic (exact) mass is 480 g/mol. The smallest absolute Gasteiger partial charge is 0.328 e. The molecule has 1 aromatic heterocycles. The normalized spacial score (nSPS) is 10.7. The average Bonchev–Trinajstić information content (AvgIpc) is 2.82. The van der Waals surface area contributed by atoms with Crippen LogP contribution in [0.5, 0.6) is 34.5 Å². The largest absolute Gasteiger partial charge is 0.508 e. The van der Waals surface area contributed by atoms with Crippen LogP contribution in [-0.2, 0) is 4.79 Å². The molecular weight excluding hydrogens is 460 g/mol. The number of methoxy groups -OCH3 is 1. The second kappa shape index (κ2) is 10.2. The standard InChI is InChI=1S/C15H10O7.C10H10O3/c16-7-4-10(19)12-11(5-7)22-15(14(21)13(12)20)6-1-2-8(17)9(18)3-6;1-13-9-5-3-2-4-8(9)6-7-10(11)12/h1-5,16-19,21H;2-7H,1H3,(H,11,12). The van der Waals surface area contributed by atoms with Crippen LogP contribution in [0.25, 0.3) is 28.4 Å². The Bertz CT molecular complexity index is 1480. The molecule has 0 fully saturated rings. The van der Waals surface area contributed by atoms with Crippen molar-refractivity contribution in [3.63, 3.8) is 0 Å². The molecule has 0 unspecified atom stereocenters. The van der Waals surface area contributed by atoms with E-state index in [-0.39, 0.29) is 33.8 Å². The van der Waals surface area contributed by atoms with Crippen molar-refractivity contribution in [2.45, 2.75) is 0 Å². The molecule has 0 aliphatic carbocycles. The van der Waals surface area contributed by atoms with Crippen LogP contribution < -0.4 is 10.2 Å². The minimum atomic E-state index is -0.967. The second-order valence-corrected chi connectivity index (χ2v) is 7.06.